The average molecular weight is 273 g/mol. The van der Waals surface area contributed by atoms with Crippen LogP contribution < -0.4 is 5.73 Å². The standard InChI is InChI=1S/C12H14Cl2N2O/c1-3-10(12(14)8(2)13)17-7-9-4-5-16-11(15)6-9/h3-6H,7H2,1-2H3,(H2,15,16). The van der Waals surface area contributed by atoms with E-state index in [4.69, 9.17) is 33.7 Å². The van der Waals surface area contributed by atoms with Gasteiger partial charge in [-0.25, -0.2) is 4.98 Å². The van der Waals surface area contributed by atoms with Crippen LogP contribution in [0.3, 0.4) is 0 Å². The highest BCUT2D eigenvalue weighted by molar-refractivity contribution is 6.40. The van der Waals surface area contributed by atoms with Gasteiger partial charge in [-0.2, -0.15) is 0 Å². The quantitative estimate of drug-likeness (QED) is 0.670. The zero-order valence-electron chi connectivity index (χ0n) is 9.71. The van der Waals surface area contributed by atoms with Gasteiger partial charge in [-0.15, -0.1) is 0 Å². The minimum atomic E-state index is 0.368. The zero-order chi connectivity index (χ0) is 12.8. The average Bonchev–Trinajstić information content (AvgIpc) is 2.29. The molecule has 0 aromatic carbocycles. The highest BCUT2D eigenvalue weighted by Gasteiger charge is 2.06. The van der Waals surface area contributed by atoms with E-state index >= 15 is 0 Å². The van der Waals surface area contributed by atoms with Crippen molar-refractivity contribution < 1.29 is 4.74 Å². The molecule has 0 fully saturated rings. The van der Waals surface area contributed by atoms with Crippen LogP contribution in [-0.2, 0) is 11.3 Å². The van der Waals surface area contributed by atoms with Crippen molar-refractivity contribution in [3.63, 3.8) is 0 Å². The van der Waals surface area contributed by atoms with Gasteiger partial charge in [0.15, 0.2) is 0 Å². The number of anilines is 1. The van der Waals surface area contributed by atoms with Crippen molar-refractivity contribution >= 4 is 29.0 Å². The molecule has 17 heavy (non-hydrogen) atoms. The fourth-order valence-electron chi connectivity index (χ4n) is 1.19. The van der Waals surface area contributed by atoms with Crippen molar-refractivity contribution in [1.29, 1.82) is 0 Å². The van der Waals surface area contributed by atoms with E-state index in [9.17, 15) is 0 Å². The van der Waals surface area contributed by atoms with Gasteiger partial charge in [-0.3, -0.25) is 0 Å². The summed E-state index contributed by atoms with van der Waals surface area (Å²) in [6.45, 7) is 3.91. The summed E-state index contributed by atoms with van der Waals surface area (Å²) in [6, 6.07) is 3.58. The van der Waals surface area contributed by atoms with Gasteiger partial charge in [0, 0.05) is 11.2 Å². The summed E-state index contributed by atoms with van der Waals surface area (Å²) in [5, 5.41) is 0.908. The maximum absolute atomic E-state index is 6.00. The van der Waals surface area contributed by atoms with E-state index in [0.29, 0.717) is 28.2 Å². The number of hydrogen-bond acceptors (Lipinski definition) is 3. The summed E-state index contributed by atoms with van der Waals surface area (Å²) >= 11 is 11.8. The third-order valence-corrected chi connectivity index (χ3v) is 2.78. The van der Waals surface area contributed by atoms with E-state index in [1.54, 1.807) is 25.3 Å². The van der Waals surface area contributed by atoms with Crippen LogP contribution >= 0.6 is 23.2 Å². The van der Waals surface area contributed by atoms with Crippen molar-refractivity contribution in [2.75, 3.05) is 5.73 Å². The Morgan fingerprint density at radius 2 is 2.24 bits per heavy atom. The number of allylic oxidation sites excluding steroid dienone is 3. The SMILES string of the molecule is CC=C(OCc1ccnc(N)c1)C(Cl)=C(C)Cl. The molecule has 3 nitrogen and oxygen atoms in total. The van der Waals surface area contributed by atoms with E-state index in [1.807, 2.05) is 13.0 Å². The molecule has 0 spiro atoms. The molecule has 1 aromatic rings. The van der Waals surface area contributed by atoms with E-state index in [1.165, 1.54) is 0 Å². The van der Waals surface area contributed by atoms with Crippen LogP contribution in [0.1, 0.15) is 19.4 Å². The Morgan fingerprint density at radius 1 is 1.53 bits per heavy atom. The molecule has 0 aliphatic carbocycles. The number of nitrogens with zero attached hydrogens (tertiary/aromatic N) is 1. The Balaban J connectivity index is 2.70. The van der Waals surface area contributed by atoms with Crippen LogP contribution in [-0.4, -0.2) is 4.98 Å². The molecular formula is C12H14Cl2N2O. The fourth-order valence-corrected chi connectivity index (χ4v) is 1.45. The van der Waals surface area contributed by atoms with Gasteiger partial charge >= 0.3 is 0 Å². The molecule has 0 bridgehead atoms. The number of ether oxygens (including phenoxy) is 1. The van der Waals surface area contributed by atoms with E-state index in [0.717, 1.165) is 5.56 Å². The lowest BCUT2D eigenvalue weighted by molar-refractivity contribution is 0.209. The summed E-state index contributed by atoms with van der Waals surface area (Å²) in [5.74, 6) is 1.01. The van der Waals surface area contributed by atoms with Crippen molar-refractivity contribution in [2.24, 2.45) is 0 Å². The Bertz CT molecular complexity index is 452. The van der Waals surface area contributed by atoms with Gasteiger partial charge in [-0.1, -0.05) is 23.2 Å². The number of nitrogen functional groups attached to an aromatic ring is 1. The molecule has 5 heteroatoms. The molecule has 0 saturated carbocycles. The lowest BCUT2D eigenvalue weighted by atomic mass is 10.3. The van der Waals surface area contributed by atoms with Gasteiger partial charge in [-0.05, 0) is 37.6 Å². The van der Waals surface area contributed by atoms with Crippen LogP contribution in [0.2, 0.25) is 0 Å². The minimum Gasteiger partial charge on any atom is -0.488 e. The predicted molar refractivity (Wildman–Crippen MR) is 71.6 cm³/mol. The zero-order valence-corrected chi connectivity index (χ0v) is 11.2. The molecule has 0 saturated heterocycles. The van der Waals surface area contributed by atoms with Gasteiger partial charge < -0.3 is 10.5 Å². The smallest absolute Gasteiger partial charge is 0.135 e. The Labute approximate surface area is 111 Å². The van der Waals surface area contributed by atoms with Crippen molar-refractivity contribution in [1.82, 2.24) is 4.98 Å². The number of aromatic nitrogens is 1. The number of hydrogen-bond donors (Lipinski definition) is 1. The Morgan fingerprint density at radius 3 is 2.76 bits per heavy atom. The second kappa shape index (κ2) is 6.52. The molecule has 0 radical (unpaired) electrons. The highest BCUT2D eigenvalue weighted by atomic mass is 35.5. The van der Waals surface area contributed by atoms with Crippen molar-refractivity contribution in [2.45, 2.75) is 20.5 Å². The van der Waals surface area contributed by atoms with E-state index in [-0.39, 0.29) is 0 Å². The Kier molecular flexibility index (Phi) is 5.32. The van der Waals surface area contributed by atoms with Crippen molar-refractivity contribution in [3.05, 3.63) is 45.8 Å². The maximum atomic E-state index is 6.00. The maximum Gasteiger partial charge on any atom is 0.135 e. The lowest BCUT2D eigenvalue weighted by Crippen LogP contribution is -1.97. The first-order valence-electron chi connectivity index (χ1n) is 5.06. The first kappa shape index (κ1) is 13.9. The van der Waals surface area contributed by atoms with Crippen LogP contribution in [0.4, 0.5) is 5.82 Å². The number of pyridine rings is 1. The lowest BCUT2D eigenvalue weighted by Gasteiger charge is -2.10. The largest absolute Gasteiger partial charge is 0.488 e. The van der Waals surface area contributed by atoms with E-state index < -0.39 is 0 Å². The third kappa shape index (κ3) is 4.29. The summed E-state index contributed by atoms with van der Waals surface area (Å²) in [7, 11) is 0. The van der Waals surface area contributed by atoms with Gasteiger partial charge in [0.2, 0.25) is 0 Å². The molecule has 1 heterocycles. The number of rotatable bonds is 4. The topological polar surface area (TPSA) is 48.1 Å². The van der Waals surface area contributed by atoms with E-state index in [2.05, 4.69) is 4.98 Å². The van der Waals surface area contributed by atoms with Crippen LogP contribution in [0.15, 0.2) is 40.2 Å². The first-order valence-corrected chi connectivity index (χ1v) is 5.82. The summed E-state index contributed by atoms with van der Waals surface area (Å²) < 4.78 is 5.56. The van der Waals surface area contributed by atoms with Gasteiger partial charge in [0.25, 0.3) is 0 Å². The normalized spacial score (nSPS) is 13.3. The summed E-state index contributed by atoms with van der Waals surface area (Å²) in [5.41, 5.74) is 6.49. The number of halogens is 2. The summed E-state index contributed by atoms with van der Waals surface area (Å²) in [4.78, 5) is 3.90. The molecular weight excluding hydrogens is 259 g/mol. The molecule has 0 amide bonds. The van der Waals surface area contributed by atoms with Crippen molar-refractivity contribution in [3.8, 4) is 0 Å². The molecule has 1 aromatic heterocycles. The molecule has 0 aliphatic rings. The van der Waals surface area contributed by atoms with Crippen LogP contribution in [0.25, 0.3) is 0 Å². The minimum absolute atomic E-state index is 0.368. The highest BCUT2D eigenvalue weighted by Crippen LogP contribution is 2.23. The first-order chi connectivity index (χ1) is 8.04. The molecule has 2 N–H and O–H groups in total. The molecule has 1 rings (SSSR count). The number of nitrogens with two attached hydrogens (primary N) is 1. The fraction of sp³-hybridized carbons (Fsp3) is 0.250. The van der Waals surface area contributed by atoms with Gasteiger partial charge in [0.05, 0.1) is 5.03 Å². The molecule has 0 unspecified atom stereocenters. The van der Waals surface area contributed by atoms with Crippen LogP contribution in [0, 0.1) is 0 Å². The Hall–Kier alpha value is -1.19. The monoisotopic (exact) mass is 272 g/mol. The predicted octanol–water partition coefficient (Wildman–Crippen LogP) is 3.79. The second-order valence-corrected chi connectivity index (χ2v) is 4.32. The van der Waals surface area contributed by atoms with Gasteiger partial charge in [0.1, 0.15) is 18.2 Å². The molecule has 92 valence electrons. The summed E-state index contributed by atoms with van der Waals surface area (Å²) in [6.07, 6.45) is 3.40. The molecule has 0 aliphatic heterocycles. The second-order valence-electron chi connectivity index (χ2n) is 3.38. The third-order valence-electron chi connectivity index (χ3n) is 2.02. The molecule has 0 atom stereocenters. The van der Waals surface area contributed by atoms with Crippen LogP contribution in [0.5, 0.6) is 0 Å².